The highest BCUT2D eigenvalue weighted by Gasteiger charge is 2.31. The van der Waals surface area contributed by atoms with Gasteiger partial charge in [0.15, 0.2) is 0 Å². The van der Waals surface area contributed by atoms with Crippen LogP contribution in [0.4, 0.5) is 4.79 Å². The lowest BCUT2D eigenvalue weighted by atomic mass is 10.2. The summed E-state index contributed by atoms with van der Waals surface area (Å²) in [6.45, 7) is 10.2. The number of nitrogens with one attached hydrogen (secondary N) is 1. The Hall–Kier alpha value is -1.14. The van der Waals surface area contributed by atoms with E-state index in [0.717, 1.165) is 43.9 Å². The number of aryl methyl sites for hydroxylation is 1. The standard InChI is InChI=1S/C16H27N3O2S/c1-5-13-10-18-14(22-13)11-17-9-12-7-6-8-19(12)15(20)21-16(2,3)4/h10,12,17H,5-9,11H2,1-4H3. The summed E-state index contributed by atoms with van der Waals surface area (Å²) in [5.41, 5.74) is -0.435. The lowest BCUT2D eigenvalue weighted by Crippen LogP contribution is -2.44. The summed E-state index contributed by atoms with van der Waals surface area (Å²) in [6.07, 6.45) is 4.86. The number of carbonyl (C=O) groups excluding carboxylic acids is 1. The third-order valence-electron chi connectivity index (χ3n) is 3.61. The molecule has 0 saturated carbocycles. The van der Waals surface area contributed by atoms with E-state index in [9.17, 15) is 4.79 Å². The molecule has 1 saturated heterocycles. The minimum Gasteiger partial charge on any atom is -0.444 e. The van der Waals surface area contributed by atoms with Gasteiger partial charge in [0.1, 0.15) is 10.6 Å². The fourth-order valence-corrected chi connectivity index (χ4v) is 3.38. The lowest BCUT2D eigenvalue weighted by molar-refractivity contribution is 0.0226. The van der Waals surface area contributed by atoms with Crippen LogP contribution in [0.25, 0.3) is 0 Å². The van der Waals surface area contributed by atoms with Crippen molar-refractivity contribution in [2.24, 2.45) is 0 Å². The molecule has 0 radical (unpaired) electrons. The van der Waals surface area contributed by atoms with Gasteiger partial charge in [0.25, 0.3) is 0 Å². The normalized spacial score (nSPS) is 18.7. The molecular weight excluding hydrogens is 298 g/mol. The van der Waals surface area contributed by atoms with Gasteiger partial charge in [0.2, 0.25) is 0 Å². The van der Waals surface area contributed by atoms with E-state index in [1.54, 1.807) is 11.3 Å². The van der Waals surface area contributed by atoms with Crippen molar-refractivity contribution in [3.05, 3.63) is 16.1 Å². The average Bonchev–Trinajstić information content (AvgIpc) is 3.05. The van der Waals surface area contributed by atoms with E-state index in [1.165, 1.54) is 4.88 Å². The van der Waals surface area contributed by atoms with Crippen LogP contribution in [0, 0.1) is 0 Å². The fourth-order valence-electron chi connectivity index (χ4n) is 2.55. The minimum absolute atomic E-state index is 0.195. The molecule has 5 nitrogen and oxygen atoms in total. The quantitative estimate of drug-likeness (QED) is 0.903. The topological polar surface area (TPSA) is 54.5 Å². The van der Waals surface area contributed by atoms with Crippen molar-refractivity contribution in [1.29, 1.82) is 0 Å². The van der Waals surface area contributed by atoms with Crippen LogP contribution in [-0.2, 0) is 17.7 Å². The SMILES string of the molecule is CCc1cnc(CNCC2CCCN2C(=O)OC(C)(C)C)s1. The third kappa shape index (κ3) is 4.95. The second-order valence-corrected chi connectivity index (χ2v) is 7.87. The van der Waals surface area contributed by atoms with Crippen molar-refractivity contribution < 1.29 is 9.53 Å². The van der Waals surface area contributed by atoms with Crippen LogP contribution in [0.15, 0.2) is 6.20 Å². The maximum Gasteiger partial charge on any atom is 0.410 e. The number of thiazole rings is 1. The highest BCUT2D eigenvalue weighted by molar-refractivity contribution is 7.11. The summed E-state index contributed by atoms with van der Waals surface area (Å²) >= 11 is 1.75. The summed E-state index contributed by atoms with van der Waals surface area (Å²) < 4.78 is 5.48. The maximum absolute atomic E-state index is 12.2. The molecule has 1 unspecified atom stereocenters. The van der Waals surface area contributed by atoms with Gasteiger partial charge in [0, 0.05) is 36.8 Å². The Morgan fingerprint density at radius 1 is 1.55 bits per heavy atom. The smallest absolute Gasteiger partial charge is 0.410 e. The molecular formula is C16H27N3O2S. The average molecular weight is 325 g/mol. The molecule has 0 spiro atoms. The number of carbonyl (C=O) groups is 1. The van der Waals surface area contributed by atoms with Crippen LogP contribution in [0.5, 0.6) is 0 Å². The van der Waals surface area contributed by atoms with Gasteiger partial charge in [-0.05, 0) is 40.0 Å². The number of rotatable bonds is 5. The molecule has 0 aromatic carbocycles. The Morgan fingerprint density at radius 3 is 2.95 bits per heavy atom. The van der Waals surface area contributed by atoms with Gasteiger partial charge in [-0.1, -0.05) is 6.92 Å². The molecule has 0 aliphatic carbocycles. The Bertz CT molecular complexity index is 496. The van der Waals surface area contributed by atoms with E-state index in [-0.39, 0.29) is 12.1 Å². The highest BCUT2D eigenvalue weighted by atomic mass is 32.1. The van der Waals surface area contributed by atoms with Crippen molar-refractivity contribution >= 4 is 17.4 Å². The number of aromatic nitrogens is 1. The Balaban J connectivity index is 1.80. The molecule has 1 fully saturated rings. The first kappa shape index (κ1) is 17.2. The molecule has 1 aliphatic rings. The maximum atomic E-state index is 12.2. The van der Waals surface area contributed by atoms with E-state index in [2.05, 4.69) is 17.2 Å². The predicted octanol–water partition coefficient (Wildman–Crippen LogP) is 3.19. The van der Waals surface area contributed by atoms with Gasteiger partial charge < -0.3 is 15.0 Å². The van der Waals surface area contributed by atoms with Gasteiger partial charge in [-0.3, -0.25) is 0 Å². The lowest BCUT2D eigenvalue weighted by Gasteiger charge is -2.28. The zero-order chi connectivity index (χ0) is 16.2. The first-order valence-electron chi connectivity index (χ1n) is 8.03. The second-order valence-electron chi connectivity index (χ2n) is 6.67. The summed E-state index contributed by atoms with van der Waals surface area (Å²) in [5, 5.41) is 4.54. The van der Waals surface area contributed by atoms with Crippen LogP contribution < -0.4 is 5.32 Å². The summed E-state index contributed by atoms with van der Waals surface area (Å²) in [4.78, 5) is 19.8. The zero-order valence-electron chi connectivity index (χ0n) is 14.0. The molecule has 22 heavy (non-hydrogen) atoms. The van der Waals surface area contributed by atoms with Crippen LogP contribution in [-0.4, -0.2) is 40.7 Å². The third-order valence-corrected chi connectivity index (χ3v) is 4.75. The van der Waals surface area contributed by atoms with Gasteiger partial charge in [-0.2, -0.15) is 0 Å². The Labute approximate surface area is 137 Å². The minimum atomic E-state index is -0.435. The molecule has 6 heteroatoms. The number of amides is 1. The summed E-state index contributed by atoms with van der Waals surface area (Å²) in [7, 11) is 0. The number of likely N-dealkylation sites (tertiary alicyclic amines) is 1. The van der Waals surface area contributed by atoms with Gasteiger partial charge in [-0.25, -0.2) is 9.78 Å². The molecule has 124 valence electrons. The first-order chi connectivity index (χ1) is 10.4. The van der Waals surface area contributed by atoms with Crippen molar-refractivity contribution in [2.75, 3.05) is 13.1 Å². The Kier molecular flexibility index (Phi) is 5.81. The molecule has 2 rings (SSSR count). The van der Waals surface area contributed by atoms with E-state index in [4.69, 9.17) is 4.74 Å². The number of hydrogen-bond donors (Lipinski definition) is 1. The molecule has 1 aliphatic heterocycles. The van der Waals surface area contributed by atoms with Gasteiger partial charge in [0.05, 0.1) is 0 Å². The predicted molar refractivity (Wildman–Crippen MR) is 89.2 cm³/mol. The van der Waals surface area contributed by atoms with Crippen LogP contribution in [0.3, 0.4) is 0 Å². The molecule has 1 N–H and O–H groups in total. The zero-order valence-corrected chi connectivity index (χ0v) is 14.8. The molecule has 1 aromatic heterocycles. The van der Waals surface area contributed by atoms with E-state index < -0.39 is 5.60 Å². The summed E-state index contributed by atoms with van der Waals surface area (Å²) in [5.74, 6) is 0. The molecule has 1 amide bonds. The van der Waals surface area contributed by atoms with Gasteiger partial charge >= 0.3 is 6.09 Å². The van der Waals surface area contributed by atoms with Crippen molar-refractivity contribution in [2.45, 2.75) is 65.1 Å². The summed E-state index contributed by atoms with van der Waals surface area (Å²) in [6, 6.07) is 0.223. The Morgan fingerprint density at radius 2 is 2.32 bits per heavy atom. The van der Waals surface area contributed by atoms with E-state index in [0.29, 0.717) is 0 Å². The number of ether oxygens (including phenoxy) is 1. The monoisotopic (exact) mass is 325 g/mol. The molecule has 2 heterocycles. The fraction of sp³-hybridized carbons (Fsp3) is 0.750. The van der Waals surface area contributed by atoms with Crippen molar-refractivity contribution in [3.63, 3.8) is 0 Å². The molecule has 1 atom stereocenters. The van der Waals surface area contributed by atoms with Crippen molar-refractivity contribution in [1.82, 2.24) is 15.2 Å². The second kappa shape index (κ2) is 7.42. The van der Waals surface area contributed by atoms with Gasteiger partial charge in [-0.15, -0.1) is 11.3 Å². The van der Waals surface area contributed by atoms with E-state index in [1.807, 2.05) is 31.9 Å². The van der Waals surface area contributed by atoms with E-state index >= 15 is 0 Å². The highest BCUT2D eigenvalue weighted by Crippen LogP contribution is 2.20. The van der Waals surface area contributed by atoms with Crippen LogP contribution in [0.2, 0.25) is 0 Å². The van der Waals surface area contributed by atoms with Crippen LogP contribution >= 0.6 is 11.3 Å². The van der Waals surface area contributed by atoms with Crippen molar-refractivity contribution in [3.8, 4) is 0 Å². The number of nitrogens with zero attached hydrogens (tertiary/aromatic N) is 2. The first-order valence-corrected chi connectivity index (χ1v) is 8.84. The number of hydrogen-bond acceptors (Lipinski definition) is 5. The largest absolute Gasteiger partial charge is 0.444 e. The molecule has 1 aromatic rings. The molecule has 0 bridgehead atoms. The van der Waals surface area contributed by atoms with Crippen LogP contribution in [0.1, 0.15) is 50.4 Å².